The molecule has 1 aliphatic heterocycles. The molecule has 0 unspecified atom stereocenters. The summed E-state index contributed by atoms with van der Waals surface area (Å²) >= 11 is 0. The normalized spacial score (nSPS) is 25.1. The summed E-state index contributed by atoms with van der Waals surface area (Å²) in [5.41, 5.74) is 6.08. The molecule has 1 aromatic rings. The number of piperazine rings is 1. The smallest absolute Gasteiger partial charge is 0.226 e. The summed E-state index contributed by atoms with van der Waals surface area (Å²) < 4.78 is 0. The van der Waals surface area contributed by atoms with Crippen molar-refractivity contribution in [3.8, 4) is 0 Å². The van der Waals surface area contributed by atoms with Crippen LogP contribution in [0.3, 0.4) is 0 Å². The number of aromatic nitrogens is 2. The lowest BCUT2D eigenvalue weighted by Gasteiger charge is -2.31. The molecule has 32 heavy (non-hydrogen) atoms. The second kappa shape index (κ2) is 12.6. The van der Waals surface area contributed by atoms with Crippen LogP contribution < -0.4 is 31.9 Å². The Bertz CT molecular complexity index is 664. The van der Waals surface area contributed by atoms with Crippen molar-refractivity contribution in [1.29, 1.82) is 0 Å². The highest BCUT2D eigenvalue weighted by Crippen LogP contribution is 2.26. The molecule has 0 radical (unpaired) electrons. The minimum absolute atomic E-state index is 0.448. The Morgan fingerprint density at radius 3 is 2.50 bits per heavy atom. The monoisotopic (exact) mass is 444 g/mol. The molecule has 4 rings (SSSR count). The minimum atomic E-state index is 0.448. The van der Waals surface area contributed by atoms with Crippen molar-refractivity contribution in [2.75, 3.05) is 61.8 Å². The fourth-order valence-electron chi connectivity index (χ4n) is 5.40. The van der Waals surface area contributed by atoms with Gasteiger partial charge >= 0.3 is 0 Å². The van der Waals surface area contributed by atoms with Gasteiger partial charge < -0.3 is 31.9 Å². The van der Waals surface area contributed by atoms with Crippen LogP contribution in [0.4, 0.5) is 17.6 Å². The lowest BCUT2D eigenvalue weighted by atomic mass is 9.86. The molecule has 8 heteroatoms. The number of anilines is 3. The third kappa shape index (κ3) is 7.46. The van der Waals surface area contributed by atoms with Crippen molar-refractivity contribution < 1.29 is 0 Å². The summed E-state index contributed by atoms with van der Waals surface area (Å²) in [7, 11) is 0. The van der Waals surface area contributed by atoms with E-state index in [2.05, 4.69) is 31.2 Å². The molecule has 0 spiro atoms. The molecule has 0 aromatic carbocycles. The van der Waals surface area contributed by atoms with Crippen LogP contribution in [0.1, 0.15) is 64.2 Å². The van der Waals surface area contributed by atoms with Crippen molar-refractivity contribution in [3.63, 3.8) is 0 Å². The number of nitrogens with zero attached hydrogens (tertiary/aromatic N) is 3. The van der Waals surface area contributed by atoms with Crippen molar-refractivity contribution >= 4 is 17.6 Å². The zero-order valence-corrected chi connectivity index (χ0v) is 19.7. The van der Waals surface area contributed by atoms with Gasteiger partial charge in [-0.2, -0.15) is 9.97 Å². The molecule has 0 amide bonds. The summed E-state index contributed by atoms with van der Waals surface area (Å²) in [6.45, 7) is 7.34. The van der Waals surface area contributed by atoms with Crippen LogP contribution in [-0.2, 0) is 0 Å². The first-order valence-corrected chi connectivity index (χ1v) is 13.1. The van der Waals surface area contributed by atoms with E-state index in [1.165, 1.54) is 64.2 Å². The topological polar surface area (TPSA) is 103 Å². The summed E-state index contributed by atoms with van der Waals surface area (Å²) in [6, 6.07) is 3.12. The number of rotatable bonds is 10. The summed E-state index contributed by atoms with van der Waals surface area (Å²) in [4.78, 5) is 11.5. The van der Waals surface area contributed by atoms with Crippen LogP contribution in [0.15, 0.2) is 6.07 Å². The van der Waals surface area contributed by atoms with Crippen LogP contribution in [-0.4, -0.2) is 67.9 Å². The molecule has 3 fully saturated rings. The highest BCUT2D eigenvalue weighted by molar-refractivity contribution is 5.52. The van der Waals surface area contributed by atoms with E-state index in [-0.39, 0.29) is 0 Å². The standard InChI is InChI=1S/C24H44N8/c25-22-17-23(32-15-13-26-14-16-32)31-24(30-22)29-21-9-7-19(8-10-21)18-27-11-4-12-28-20-5-2-1-3-6-20/h17,19-21,26-28H,1-16,18H2,(H3,25,29,30,31). The third-order valence-electron chi connectivity index (χ3n) is 7.35. The van der Waals surface area contributed by atoms with Gasteiger partial charge in [0.1, 0.15) is 11.6 Å². The Kier molecular flexibility index (Phi) is 9.23. The Morgan fingerprint density at radius 1 is 0.938 bits per heavy atom. The van der Waals surface area contributed by atoms with Crippen molar-refractivity contribution in [1.82, 2.24) is 25.9 Å². The van der Waals surface area contributed by atoms with Gasteiger partial charge in [0.05, 0.1) is 0 Å². The van der Waals surface area contributed by atoms with Crippen LogP contribution in [0.5, 0.6) is 0 Å². The van der Waals surface area contributed by atoms with Gasteiger partial charge in [-0.3, -0.25) is 0 Å². The van der Waals surface area contributed by atoms with Crippen LogP contribution in [0.2, 0.25) is 0 Å². The number of nitrogens with one attached hydrogen (secondary N) is 4. The molecule has 3 aliphatic rings. The van der Waals surface area contributed by atoms with Gasteiger partial charge in [-0.1, -0.05) is 19.3 Å². The second-order valence-electron chi connectivity index (χ2n) is 9.92. The Labute approximate surface area is 193 Å². The first kappa shape index (κ1) is 23.5. The maximum atomic E-state index is 6.08. The van der Waals surface area contributed by atoms with E-state index < -0.39 is 0 Å². The Hall–Kier alpha value is -1.64. The van der Waals surface area contributed by atoms with Crippen LogP contribution in [0.25, 0.3) is 0 Å². The summed E-state index contributed by atoms with van der Waals surface area (Å²) in [5.74, 6) is 2.97. The molecule has 6 N–H and O–H groups in total. The van der Waals surface area contributed by atoms with Crippen molar-refractivity contribution in [2.24, 2.45) is 5.92 Å². The first-order valence-electron chi connectivity index (χ1n) is 13.1. The van der Waals surface area contributed by atoms with E-state index >= 15 is 0 Å². The molecule has 2 aliphatic carbocycles. The first-order chi connectivity index (χ1) is 15.8. The Balaban J connectivity index is 1.10. The van der Waals surface area contributed by atoms with Crippen molar-refractivity contribution in [2.45, 2.75) is 76.3 Å². The number of hydrogen-bond acceptors (Lipinski definition) is 8. The molecule has 0 atom stereocenters. The molecule has 0 bridgehead atoms. The van der Waals surface area contributed by atoms with Gasteiger partial charge in [0.25, 0.3) is 0 Å². The third-order valence-corrected chi connectivity index (χ3v) is 7.35. The quantitative estimate of drug-likeness (QED) is 0.351. The maximum absolute atomic E-state index is 6.08. The number of nitrogens with two attached hydrogens (primary N) is 1. The molecule has 1 saturated heterocycles. The van der Waals surface area contributed by atoms with Gasteiger partial charge in [0, 0.05) is 44.3 Å². The fraction of sp³-hybridized carbons (Fsp3) is 0.833. The average molecular weight is 445 g/mol. The lowest BCUT2D eigenvalue weighted by molar-refractivity contribution is 0.322. The molecule has 2 saturated carbocycles. The lowest BCUT2D eigenvalue weighted by Crippen LogP contribution is -2.44. The van der Waals surface area contributed by atoms with E-state index in [9.17, 15) is 0 Å². The van der Waals surface area contributed by atoms with Gasteiger partial charge in [0.15, 0.2) is 0 Å². The van der Waals surface area contributed by atoms with E-state index in [1.807, 2.05) is 6.07 Å². The van der Waals surface area contributed by atoms with E-state index in [4.69, 9.17) is 10.7 Å². The highest BCUT2D eigenvalue weighted by atomic mass is 15.3. The maximum Gasteiger partial charge on any atom is 0.226 e. The largest absolute Gasteiger partial charge is 0.383 e. The van der Waals surface area contributed by atoms with Crippen LogP contribution >= 0.6 is 0 Å². The second-order valence-corrected chi connectivity index (χ2v) is 9.92. The summed E-state index contributed by atoms with van der Waals surface area (Å²) in [6.07, 6.45) is 13.1. The molecule has 180 valence electrons. The molecule has 8 nitrogen and oxygen atoms in total. The molecular weight excluding hydrogens is 400 g/mol. The van der Waals surface area contributed by atoms with E-state index in [0.29, 0.717) is 17.8 Å². The average Bonchev–Trinajstić information content (AvgIpc) is 2.83. The number of hydrogen-bond donors (Lipinski definition) is 5. The molecule has 1 aromatic heterocycles. The van der Waals surface area contributed by atoms with Crippen molar-refractivity contribution in [3.05, 3.63) is 6.07 Å². The Morgan fingerprint density at radius 2 is 1.72 bits per heavy atom. The predicted molar refractivity (Wildman–Crippen MR) is 133 cm³/mol. The van der Waals surface area contributed by atoms with E-state index in [1.54, 1.807) is 0 Å². The minimum Gasteiger partial charge on any atom is -0.383 e. The molecular formula is C24H44N8. The van der Waals surface area contributed by atoms with E-state index in [0.717, 1.165) is 63.6 Å². The molecule has 2 heterocycles. The van der Waals surface area contributed by atoms with Crippen LogP contribution in [0, 0.1) is 5.92 Å². The zero-order chi connectivity index (χ0) is 22.0. The van der Waals surface area contributed by atoms with Gasteiger partial charge in [-0.05, 0) is 70.5 Å². The number of nitrogen functional groups attached to an aromatic ring is 1. The zero-order valence-electron chi connectivity index (χ0n) is 19.7. The van der Waals surface area contributed by atoms with Gasteiger partial charge in [-0.25, -0.2) is 0 Å². The van der Waals surface area contributed by atoms with Gasteiger partial charge in [-0.15, -0.1) is 0 Å². The highest BCUT2D eigenvalue weighted by Gasteiger charge is 2.22. The SMILES string of the molecule is Nc1cc(N2CCNCC2)nc(NC2CCC(CNCCCNC3CCCCC3)CC2)n1. The fourth-order valence-corrected chi connectivity index (χ4v) is 5.40. The van der Waals surface area contributed by atoms with Gasteiger partial charge in [0.2, 0.25) is 5.95 Å². The summed E-state index contributed by atoms with van der Waals surface area (Å²) in [5, 5.41) is 14.4. The predicted octanol–water partition coefficient (Wildman–Crippen LogP) is 2.34.